The van der Waals surface area contributed by atoms with Crippen molar-refractivity contribution < 1.29 is 18.4 Å². The number of piperazine rings is 1. The zero-order valence-corrected chi connectivity index (χ0v) is 17.5. The highest BCUT2D eigenvalue weighted by molar-refractivity contribution is 7.89. The van der Waals surface area contributed by atoms with E-state index in [-0.39, 0.29) is 13.1 Å². The molecule has 1 amide bonds. The van der Waals surface area contributed by atoms with Gasteiger partial charge in [0.05, 0.1) is 5.25 Å². The topological polar surface area (TPSA) is 90.0 Å². The minimum absolute atomic E-state index is 0.267. The fraction of sp³-hybridized carbons (Fsp3) is 0.318. The third-order valence-electron chi connectivity index (χ3n) is 5.40. The number of benzene rings is 2. The Morgan fingerprint density at radius 2 is 1.60 bits per heavy atom. The van der Waals surface area contributed by atoms with E-state index in [9.17, 15) is 18.4 Å². The van der Waals surface area contributed by atoms with E-state index in [2.05, 4.69) is 6.58 Å². The molecule has 0 radical (unpaired) electrons. The molecule has 1 fully saturated rings. The molecule has 2 aromatic rings. The Balaban J connectivity index is 1.71. The molecule has 1 aliphatic rings. The molecule has 30 heavy (non-hydrogen) atoms. The van der Waals surface area contributed by atoms with Gasteiger partial charge in [0.15, 0.2) is 0 Å². The van der Waals surface area contributed by atoms with E-state index in [1.807, 2.05) is 65.6 Å². The first-order valence-corrected chi connectivity index (χ1v) is 11.4. The summed E-state index contributed by atoms with van der Waals surface area (Å²) in [7, 11) is -3.57. The van der Waals surface area contributed by atoms with Crippen LogP contribution in [0.1, 0.15) is 17.2 Å². The van der Waals surface area contributed by atoms with E-state index in [1.165, 1.54) is 10.4 Å². The number of carbonyl (C=O) groups excluding carboxylic acids is 1. The summed E-state index contributed by atoms with van der Waals surface area (Å²) in [5, 5.41) is 8.47. The molecule has 8 heteroatoms. The summed E-state index contributed by atoms with van der Waals surface area (Å²) < 4.78 is 27.8. The van der Waals surface area contributed by atoms with E-state index in [0.717, 1.165) is 11.1 Å². The molecular formula is C22H27N3O4S. The summed E-state index contributed by atoms with van der Waals surface area (Å²) in [6.07, 6.45) is 1.85. The first kappa shape index (κ1) is 22.2. The van der Waals surface area contributed by atoms with Gasteiger partial charge in [-0.3, -0.25) is 14.9 Å². The lowest BCUT2D eigenvalue weighted by molar-refractivity contribution is -0.135. The van der Waals surface area contributed by atoms with Crippen molar-refractivity contribution in [2.24, 2.45) is 0 Å². The van der Waals surface area contributed by atoms with Crippen molar-refractivity contribution in [2.75, 3.05) is 26.2 Å². The van der Waals surface area contributed by atoms with Crippen molar-refractivity contribution in [2.45, 2.75) is 17.7 Å². The number of hydrogen-bond acceptors (Lipinski definition) is 5. The Bertz CT molecular complexity index is 943. The lowest BCUT2D eigenvalue weighted by Gasteiger charge is -2.38. The predicted octanol–water partition coefficient (Wildman–Crippen LogP) is 1.98. The van der Waals surface area contributed by atoms with E-state index in [1.54, 1.807) is 5.48 Å². The number of sulfonamides is 1. The summed E-state index contributed by atoms with van der Waals surface area (Å²) in [5.41, 5.74) is 3.41. The molecule has 1 heterocycles. The number of amides is 1. The van der Waals surface area contributed by atoms with Crippen LogP contribution in [-0.4, -0.2) is 60.2 Å². The number of nitrogens with zero attached hydrogens (tertiary/aromatic N) is 2. The van der Waals surface area contributed by atoms with Gasteiger partial charge in [-0.15, -0.1) is 6.58 Å². The number of hydrogen-bond donors (Lipinski definition) is 2. The molecule has 160 valence electrons. The Kier molecular flexibility index (Phi) is 7.38. The van der Waals surface area contributed by atoms with Gasteiger partial charge in [-0.1, -0.05) is 66.7 Å². The molecule has 0 spiro atoms. The van der Waals surface area contributed by atoms with E-state index >= 15 is 0 Å². The van der Waals surface area contributed by atoms with Crippen molar-refractivity contribution in [1.29, 1.82) is 0 Å². The molecule has 2 atom stereocenters. The molecule has 0 aromatic heterocycles. The minimum Gasteiger partial charge on any atom is -0.289 e. The zero-order chi connectivity index (χ0) is 21.6. The highest BCUT2D eigenvalue weighted by Gasteiger charge is 2.36. The molecule has 0 aliphatic carbocycles. The van der Waals surface area contributed by atoms with Crippen LogP contribution >= 0.6 is 0 Å². The maximum absolute atomic E-state index is 13.2. The van der Waals surface area contributed by atoms with Crippen molar-refractivity contribution in [3.05, 3.63) is 84.4 Å². The van der Waals surface area contributed by atoms with Crippen LogP contribution in [0, 0.1) is 0 Å². The van der Waals surface area contributed by atoms with Crippen molar-refractivity contribution in [3.63, 3.8) is 0 Å². The van der Waals surface area contributed by atoms with Crippen LogP contribution in [0.3, 0.4) is 0 Å². The van der Waals surface area contributed by atoms with Crippen LogP contribution in [0.25, 0.3) is 0 Å². The third-order valence-corrected chi connectivity index (χ3v) is 7.61. The predicted molar refractivity (Wildman–Crippen MR) is 115 cm³/mol. The maximum Gasteiger partial charge on any atom is 0.265 e. The quantitative estimate of drug-likeness (QED) is 0.380. The number of carbonyl (C=O) groups is 1. The molecule has 1 aliphatic heterocycles. The van der Waals surface area contributed by atoms with E-state index in [4.69, 9.17) is 0 Å². The van der Waals surface area contributed by atoms with Gasteiger partial charge < -0.3 is 0 Å². The number of rotatable bonds is 8. The molecule has 2 aromatic carbocycles. The van der Waals surface area contributed by atoms with Gasteiger partial charge in [0.2, 0.25) is 10.0 Å². The molecule has 2 N–H and O–H groups in total. The summed E-state index contributed by atoms with van der Waals surface area (Å²) in [6.45, 7) is 5.03. The standard InChI is InChI=1S/C22H27N3O4S/c1-2-20(17-18-9-5-3-6-10-18)30(28,29)25-15-13-24(14-16-25)21(22(26)23-27)19-11-7-4-8-12-19/h2-12,20-21,27H,1,13-17H2,(H,23,26). The van der Waals surface area contributed by atoms with Crippen LogP contribution in [0.5, 0.6) is 0 Å². The molecule has 3 rings (SSSR count). The van der Waals surface area contributed by atoms with Crippen LogP contribution in [0.15, 0.2) is 73.3 Å². The lowest BCUT2D eigenvalue weighted by Crippen LogP contribution is -2.53. The van der Waals surface area contributed by atoms with Crippen LogP contribution in [0.4, 0.5) is 0 Å². The lowest BCUT2D eigenvalue weighted by atomic mass is 10.0. The van der Waals surface area contributed by atoms with Gasteiger partial charge in [-0.2, -0.15) is 4.31 Å². The van der Waals surface area contributed by atoms with Crippen molar-refractivity contribution in [3.8, 4) is 0 Å². The number of hydroxylamine groups is 1. The second-order valence-electron chi connectivity index (χ2n) is 7.23. The Morgan fingerprint density at radius 1 is 1.03 bits per heavy atom. The molecule has 0 bridgehead atoms. The van der Waals surface area contributed by atoms with Crippen molar-refractivity contribution >= 4 is 15.9 Å². The highest BCUT2D eigenvalue weighted by atomic mass is 32.2. The summed E-state index contributed by atoms with van der Waals surface area (Å²) >= 11 is 0. The fourth-order valence-electron chi connectivity index (χ4n) is 3.79. The first-order valence-electron chi connectivity index (χ1n) is 9.85. The van der Waals surface area contributed by atoms with Gasteiger partial charge in [0.1, 0.15) is 6.04 Å². The average molecular weight is 430 g/mol. The Morgan fingerprint density at radius 3 is 2.13 bits per heavy atom. The van der Waals surface area contributed by atoms with Crippen LogP contribution in [0.2, 0.25) is 0 Å². The fourth-order valence-corrected chi connectivity index (χ4v) is 5.49. The molecule has 1 saturated heterocycles. The van der Waals surface area contributed by atoms with Gasteiger partial charge in [0.25, 0.3) is 5.91 Å². The largest absolute Gasteiger partial charge is 0.289 e. The van der Waals surface area contributed by atoms with E-state index < -0.39 is 27.2 Å². The van der Waals surface area contributed by atoms with Crippen LogP contribution < -0.4 is 5.48 Å². The van der Waals surface area contributed by atoms with Crippen molar-refractivity contribution in [1.82, 2.24) is 14.7 Å². The Labute approximate surface area is 177 Å². The molecule has 0 saturated carbocycles. The smallest absolute Gasteiger partial charge is 0.265 e. The maximum atomic E-state index is 13.2. The van der Waals surface area contributed by atoms with E-state index in [0.29, 0.717) is 19.5 Å². The first-order chi connectivity index (χ1) is 14.5. The van der Waals surface area contributed by atoms with Gasteiger partial charge in [-0.05, 0) is 17.5 Å². The summed E-state index contributed by atoms with van der Waals surface area (Å²) in [5.74, 6) is -0.537. The minimum atomic E-state index is -3.57. The normalized spacial score (nSPS) is 17.8. The Hall–Kier alpha value is -2.52. The molecule has 7 nitrogen and oxygen atoms in total. The molecule has 2 unspecified atom stereocenters. The van der Waals surface area contributed by atoms with Crippen LogP contribution in [-0.2, 0) is 21.2 Å². The van der Waals surface area contributed by atoms with Gasteiger partial charge in [-0.25, -0.2) is 13.9 Å². The number of nitrogens with one attached hydrogen (secondary N) is 1. The van der Waals surface area contributed by atoms with Gasteiger partial charge >= 0.3 is 0 Å². The summed E-state index contributed by atoms with van der Waals surface area (Å²) in [6, 6.07) is 17.9. The monoisotopic (exact) mass is 429 g/mol. The second kappa shape index (κ2) is 9.99. The summed E-state index contributed by atoms with van der Waals surface area (Å²) in [4.78, 5) is 14.2. The highest BCUT2D eigenvalue weighted by Crippen LogP contribution is 2.24. The molecular weight excluding hydrogens is 402 g/mol. The third kappa shape index (κ3) is 4.96. The SMILES string of the molecule is C=CC(Cc1ccccc1)S(=O)(=O)N1CCN(C(C(=O)NO)c2ccccc2)CC1. The zero-order valence-electron chi connectivity index (χ0n) is 16.7. The second-order valence-corrected chi connectivity index (χ2v) is 9.38. The average Bonchev–Trinajstić information content (AvgIpc) is 2.79. The van der Waals surface area contributed by atoms with Gasteiger partial charge in [0, 0.05) is 26.2 Å².